The standard InChI is InChI=1S/C42H50N4O12S.ClH/c1-51-27-19-35(55-5)29(36(20-27)56-6)11-15-39(25-9-13-33(53-3)31(17-25)45-41(47)23-43)59(49,50)40(26-10-14-34(54-4)32(18-26)46-42(48)24-44)16-12-30-37(57-7)21-28(52-2)22-38(30)58-8;/h9-22,39-40H,23-24,43-44H2,1-8H3,(H,45,47)(H,46,48);1H/b15-11+,16-12+;. The zero-order chi connectivity index (χ0) is 43.3. The molecule has 0 fully saturated rings. The third kappa shape index (κ3) is 11.1. The maximum Gasteiger partial charge on any atom is 0.238 e. The lowest BCUT2D eigenvalue weighted by molar-refractivity contribution is -0.115. The monoisotopic (exact) mass is 870 g/mol. The summed E-state index contributed by atoms with van der Waals surface area (Å²) in [6, 6.07) is 15.8. The number of ether oxygens (including phenoxy) is 8. The van der Waals surface area contributed by atoms with Gasteiger partial charge in [0.2, 0.25) is 11.8 Å². The average Bonchev–Trinajstić information content (AvgIpc) is 3.25. The van der Waals surface area contributed by atoms with Gasteiger partial charge in [0.05, 0.1) is 92.5 Å². The molecular weight excluding hydrogens is 820 g/mol. The molecule has 2 unspecified atom stereocenters. The van der Waals surface area contributed by atoms with Crippen molar-refractivity contribution < 1.29 is 55.9 Å². The van der Waals surface area contributed by atoms with E-state index in [0.717, 1.165) is 0 Å². The minimum Gasteiger partial charge on any atom is -0.496 e. The summed E-state index contributed by atoms with van der Waals surface area (Å²) in [7, 11) is 7.16. The Morgan fingerprint density at radius 3 is 1.12 bits per heavy atom. The highest BCUT2D eigenvalue weighted by Crippen LogP contribution is 2.44. The second kappa shape index (κ2) is 22.3. The summed E-state index contributed by atoms with van der Waals surface area (Å²) in [6.45, 7) is -0.671. The second-order valence-electron chi connectivity index (χ2n) is 12.5. The number of carbonyl (C=O) groups is 2. The predicted molar refractivity (Wildman–Crippen MR) is 233 cm³/mol. The number of nitrogens with one attached hydrogen (secondary N) is 2. The molecule has 0 aliphatic heterocycles. The molecule has 0 radical (unpaired) electrons. The first-order valence-corrected chi connectivity index (χ1v) is 19.5. The second-order valence-corrected chi connectivity index (χ2v) is 14.7. The zero-order valence-electron chi connectivity index (χ0n) is 34.5. The van der Waals surface area contributed by atoms with Crippen LogP contribution in [-0.4, -0.2) is 90.2 Å². The van der Waals surface area contributed by atoms with Crippen LogP contribution in [0.5, 0.6) is 46.0 Å². The smallest absolute Gasteiger partial charge is 0.238 e. The van der Waals surface area contributed by atoms with Crippen molar-refractivity contribution in [2.75, 3.05) is 80.6 Å². The number of methoxy groups -OCH3 is 8. The Kier molecular flexibility index (Phi) is 17.9. The summed E-state index contributed by atoms with van der Waals surface area (Å²) < 4.78 is 75.8. The third-order valence-electron chi connectivity index (χ3n) is 9.11. The lowest BCUT2D eigenvalue weighted by atomic mass is 10.1. The Morgan fingerprint density at radius 1 is 0.533 bits per heavy atom. The van der Waals surface area contributed by atoms with E-state index in [-0.39, 0.29) is 59.5 Å². The molecule has 0 spiro atoms. The van der Waals surface area contributed by atoms with E-state index in [1.165, 1.54) is 93.3 Å². The van der Waals surface area contributed by atoms with Gasteiger partial charge in [0.25, 0.3) is 0 Å². The number of benzene rings is 4. The summed E-state index contributed by atoms with van der Waals surface area (Å²) in [5, 5.41) is 2.48. The van der Waals surface area contributed by atoms with Gasteiger partial charge in [-0.15, -0.1) is 12.4 Å². The number of anilines is 2. The average molecular weight is 871 g/mol. The molecule has 0 heterocycles. The van der Waals surface area contributed by atoms with E-state index in [9.17, 15) is 9.59 Å². The molecule has 60 heavy (non-hydrogen) atoms. The van der Waals surface area contributed by atoms with Crippen LogP contribution in [0.25, 0.3) is 12.2 Å². The SMILES string of the molecule is COc1cc(OC)c(/C=C/C(c2ccc(OC)c(NC(=O)CN)c2)S(=O)(=O)C(/C=C/c2c(OC)cc(OC)cc2OC)c2ccc(OC)c(NC(=O)CN)c2)c(OC)c1.Cl. The number of halogens is 1. The van der Waals surface area contributed by atoms with Crippen molar-refractivity contribution in [2.24, 2.45) is 11.5 Å². The van der Waals surface area contributed by atoms with Crippen molar-refractivity contribution in [3.05, 3.63) is 95.1 Å². The van der Waals surface area contributed by atoms with Crippen LogP contribution in [0.15, 0.2) is 72.8 Å². The molecule has 4 rings (SSSR count). The fraction of sp³-hybridized carbons (Fsp3) is 0.286. The molecule has 6 N–H and O–H groups in total. The van der Waals surface area contributed by atoms with E-state index in [1.54, 1.807) is 48.6 Å². The Bertz CT molecular complexity index is 2100. The lowest BCUT2D eigenvalue weighted by Crippen LogP contribution is -2.23. The Hall–Kier alpha value is -6.14. The first-order valence-electron chi connectivity index (χ1n) is 17.9. The number of rotatable bonds is 20. The maximum absolute atomic E-state index is 15.6. The highest BCUT2D eigenvalue weighted by Gasteiger charge is 2.35. The number of carbonyl (C=O) groups excluding carboxylic acids is 2. The molecule has 324 valence electrons. The highest BCUT2D eigenvalue weighted by atomic mass is 35.5. The van der Waals surface area contributed by atoms with Crippen molar-refractivity contribution in [1.29, 1.82) is 0 Å². The van der Waals surface area contributed by atoms with Crippen LogP contribution in [0.1, 0.15) is 32.8 Å². The molecular formula is C42H51ClN4O12S. The largest absolute Gasteiger partial charge is 0.496 e. The van der Waals surface area contributed by atoms with Crippen molar-refractivity contribution >= 4 is 57.6 Å². The molecule has 4 aromatic rings. The number of hydrogen-bond donors (Lipinski definition) is 4. The van der Waals surface area contributed by atoms with Gasteiger partial charge in [0, 0.05) is 24.3 Å². The van der Waals surface area contributed by atoms with Crippen LogP contribution >= 0.6 is 12.4 Å². The molecule has 16 nitrogen and oxygen atoms in total. The first-order chi connectivity index (χ1) is 28.4. The van der Waals surface area contributed by atoms with Gasteiger partial charge in [-0.25, -0.2) is 8.42 Å². The number of hydrogen-bond acceptors (Lipinski definition) is 14. The summed E-state index contributed by atoms with van der Waals surface area (Å²) in [4.78, 5) is 25.0. The van der Waals surface area contributed by atoms with E-state index in [1.807, 2.05) is 0 Å². The maximum atomic E-state index is 15.6. The van der Waals surface area contributed by atoms with E-state index >= 15 is 8.42 Å². The Balaban J connectivity index is 0.00000961. The van der Waals surface area contributed by atoms with Crippen molar-refractivity contribution in [3.63, 3.8) is 0 Å². The van der Waals surface area contributed by atoms with Crippen LogP contribution in [0.4, 0.5) is 11.4 Å². The molecule has 0 bridgehead atoms. The van der Waals surface area contributed by atoms with Crippen molar-refractivity contribution in [2.45, 2.75) is 10.5 Å². The van der Waals surface area contributed by atoms with Gasteiger partial charge in [-0.05, 0) is 47.5 Å². The van der Waals surface area contributed by atoms with Gasteiger partial charge in [-0.2, -0.15) is 0 Å². The van der Waals surface area contributed by atoms with E-state index in [4.69, 9.17) is 49.4 Å². The topological polar surface area (TPSA) is 218 Å². The lowest BCUT2D eigenvalue weighted by Gasteiger charge is -2.24. The molecule has 2 amide bonds. The van der Waals surface area contributed by atoms with Crippen LogP contribution in [-0.2, 0) is 19.4 Å². The first kappa shape index (κ1) is 48.2. The molecule has 0 aliphatic carbocycles. The summed E-state index contributed by atoms with van der Waals surface area (Å²) in [5.74, 6) is 1.71. The molecule has 0 saturated heterocycles. The molecule has 2 atom stereocenters. The van der Waals surface area contributed by atoms with Crippen LogP contribution in [0.3, 0.4) is 0 Å². The van der Waals surface area contributed by atoms with E-state index < -0.39 is 32.2 Å². The van der Waals surface area contributed by atoms with Gasteiger partial charge in [-0.1, -0.05) is 24.3 Å². The predicted octanol–water partition coefficient (Wildman–Crippen LogP) is 5.60. The van der Waals surface area contributed by atoms with Crippen LogP contribution in [0.2, 0.25) is 0 Å². The molecule has 18 heteroatoms. The van der Waals surface area contributed by atoms with E-state index in [0.29, 0.717) is 45.6 Å². The van der Waals surface area contributed by atoms with Crippen LogP contribution < -0.4 is 60.0 Å². The fourth-order valence-electron chi connectivity index (χ4n) is 6.14. The van der Waals surface area contributed by atoms with E-state index in [2.05, 4.69) is 10.6 Å². The quantitative estimate of drug-likeness (QED) is 0.0851. The Labute approximate surface area is 356 Å². The van der Waals surface area contributed by atoms with Gasteiger partial charge in [0.15, 0.2) is 9.84 Å². The van der Waals surface area contributed by atoms with Crippen LogP contribution in [0, 0.1) is 0 Å². The number of sulfone groups is 1. The minimum absolute atomic E-state index is 0. The molecule has 4 aromatic carbocycles. The third-order valence-corrected chi connectivity index (χ3v) is 11.4. The number of nitrogens with two attached hydrogens (primary N) is 2. The van der Waals surface area contributed by atoms with Gasteiger partial charge < -0.3 is 60.0 Å². The van der Waals surface area contributed by atoms with Gasteiger partial charge in [-0.3, -0.25) is 9.59 Å². The van der Waals surface area contributed by atoms with Crippen molar-refractivity contribution in [3.8, 4) is 46.0 Å². The number of amides is 2. The summed E-state index contributed by atoms with van der Waals surface area (Å²) >= 11 is 0. The minimum atomic E-state index is -4.50. The molecule has 0 aliphatic rings. The highest BCUT2D eigenvalue weighted by molar-refractivity contribution is 7.92. The summed E-state index contributed by atoms with van der Waals surface area (Å²) in [6.07, 6.45) is 6.10. The Morgan fingerprint density at radius 2 is 0.850 bits per heavy atom. The summed E-state index contributed by atoms with van der Waals surface area (Å²) in [5.41, 5.74) is 12.9. The molecule has 0 saturated carbocycles. The van der Waals surface area contributed by atoms with Crippen molar-refractivity contribution in [1.82, 2.24) is 0 Å². The normalized spacial score (nSPS) is 12.2. The van der Waals surface area contributed by atoms with Gasteiger partial charge in [0.1, 0.15) is 56.5 Å². The fourth-order valence-corrected chi connectivity index (χ4v) is 8.11. The molecule has 0 aromatic heterocycles. The van der Waals surface area contributed by atoms with Gasteiger partial charge >= 0.3 is 0 Å². The zero-order valence-corrected chi connectivity index (χ0v) is 36.2.